The van der Waals surface area contributed by atoms with Crippen LogP contribution in [0, 0.1) is 10.1 Å². The molecule has 0 radical (unpaired) electrons. The van der Waals surface area contributed by atoms with Crippen LogP contribution in [0.15, 0.2) is 18.2 Å². The third-order valence-corrected chi connectivity index (χ3v) is 7.05. The van der Waals surface area contributed by atoms with Gasteiger partial charge in [-0.15, -0.1) is 0 Å². The molecule has 1 aromatic carbocycles. The van der Waals surface area contributed by atoms with Crippen LogP contribution in [0.5, 0.6) is 5.75 Å². The van der Waals surface area contributed by atoms with Gasteiger partial charge in [-0.3, -0.25) is 10.1 Å². The molecule has 0 saturated carbocycles. The summed E-state index contributed by atoms with van der Waals surface area (Å²) in [5.41, 5.74) is 0.273. The number of hydrogen-bond donors (Lipinski definition) is 2. The van der Waals surface area contributed by atoms with Gasteiger partial charge in [0.05, 0.1) is 17.5 Å². The lowest BCUT2D eigenvalue weighted by Crippen LogP contribution is -2.38. The highest BCUT2D eigenvalue weighted by Gasteiger charge is 2.47. The molecule has 0 spiro atoms. The molecule has 0 aromatic heterocycles. The summed E-state index contributed by atoms with van der Waals surface area (Å²) >= 11 is 0. The number of aromatic hydroxyl groups is 1. The summed E-state index contributed by atoms with van der Waals surface area (Å²) in [6.45, 7) is 1.47. The molecule has 2 fully saturated rings. The van der Waals surface area contributed by atoms with Gasteiger partial charge in [-0.05, 0) is 18.9 Å². The first-order chi connectivity index (χ1) is 9.99. The van der Waals surface area contributed by atoms with Crippen molar-refractivity contribution in [3.05, 3.63) is 33.9 Å². The first-order valence-electron chi connectivity index (χ1n) is 7.07. The van der Waals surface area contributed by atoms with Gasteiger partial charge in [0.2, 0.25) is 0 Å². The van der Waals surface area contributed by atoms with E-state index in [1.807, 2.05) is 4.67 Å². The molecule has 3 rings (SSSR count). The van der Waals surface area contributed by atoms with Crippen molar-refractivity contribution in [3.63, 3.8) is 0 Å². The highest BCUT2D eigenvalue weighted by atomic mass is 31.2. The highest BCUT2D eigenvalue weighted by molar-refractivity contribution is 7.64. The Bertz CT molecular complexity index is 570. The number of piperidine rings is 1. The molecule has 2 unspecified atom stereocenters. The molecular formula is C13H18N3O4P. The predicted octanol–water partition coefficient (Wildman–Crippen LogP) is 1.38. The number of fused-ring (bicyclic) bond motifs is 1. The van der Waals surface area contributed by atoms with Gasteiger partial charge in [-0.2, -0.15) is 9.76 Å². The quantitative estimate of drug-likeness (QED) is 0.497. The maximum atomic E-state index is 13.1. The largest absolute Gasteiger partial charge is 0.651 e. The molecule has 2 aliphatic rings. The van der Waals surface area contributed by atoms with Crippen molar-refractivity contribution in [1.82, 2.24) is 9.76 Å². The van der Waals surface area contributed by atoms with Gasteiger partial charge in [0, 0.05) is 24.2 Å². The molecule has 1 aromatic rings. The number of benzene rings is 1. The average Bonchev–Trinajstić information content (AvgIpc) is 2.79. The zero-order valence-corrected chi connectivity index (χ0v) is 12.5. The number of phenolic OH excluding ortho intramolecular Hbond substituents is 1. The third-order valence-electron chi connectivity index (χ3n) is 4.24. The molecule has 2 saturated heterocycles. The fourth-order valence-corrected chi connectivity index (χ4v) is 6.02. The Morgan fingerprint density at radius 3 is 3.05 bits per heavy atom. The van der Waals surface area contributed by atoms with Crippen molar-refractivity contribution in [3.8, 4) is 5.75 Å². The maximum Gasteiger partial charge on any atom is 0.270 e. The lowest BCUT2D eigenvalue weighted by Gasteiger charge is -2.38. The van der Waals surface area contributed by atoms with Crippen LogP contribution in [-0.2, 0) is 6.16 Å². The number of hydrogen-bond acceptors (Lipinski definition) is 6. The first kappa shape index (κ1) is 14.7. The molecule has 0 amide bonds. The average molecular weight is 311 g/mol. The zero-order valence-electron chi connectivity index (χ0n) is 11.6. The predicted molar refractivity (Wildman–Crippen MR) is 77.7 cm³/mol. The lowest BCUT2D eigenvalue weighted by molar-refractivity contribution is -0.384. The Morgan fingerprint density at radius 2 is 2.29 bits per heavy atom. The monoisotopic (exact) mass is 311 g/mol. The van der Waals surface area contributed by atoms with E-state index in [0.29, 0.717) is 12.1 Å². The summed E-state index contributed by atoms with van der Waals surface area (Å²) in [7, 11) is -2.80. The number of nitro groups is 1. The van der Waals surface area contributed by atoms with Gasteiger partial charge in [0.15, 0.2) is 0 Å². The summed E-state index contributed by atoms with van der Waals surface area (Å²) in [6, 6.07) is 4.14. The van der Waals surface area contributed by atoms with Gasteiger partial charge < -0.3 is 10.00 Å². The van der Waals surface area contributed by atoms with E-state index in [0.717, 1.165) is 25.8 Å². The summed E-state index contributed by atoms with van der Waals surface area (Å²) in [5.74, 6) is -0.0434. The zero-order chi connectivity index (χ0) is 15.0. The topological polar surface area (TPSA) is 102 Å². The van der Waals surface area contributed by atoms with Crippen LogP contribution in [0.25, 0.3) is 0 Å². The van der Waals surface area contributed by atoms with Crippen LogP contribution < -0.4 is 9.98 Å². The van der Waals surface area contributed by atoms with Crippen LogP contribution in [-0.4, -0.2) is 33.8 Å². The molecule has 2 N–H and O–H groups in total. The Morgan fingerprint density at radius 1 is 1.48 bits per heavy atom. The lowest BCUT2D eigenvalue weighted by atomic mass is 10.1. The molecule has 8 heteroatoms. The van der Waals surface area contributed by atoms with Crippen molar-refractivity contribution in [2.24, 2.45) is 0 Å². The molecule has 2 heterocycles. The Hall–Kier alpha value is -1.27. The number of phenols is 1. The summed E-state index contributed by atoms with van der Waals surface area (Å²) in [6.07, 6.45) is 3.31. The van der Waals surface area contributed by atoms with Crippen molar-refractivity contribution >= 4 is 13.5 Å². The fraction of sp³-hybridized carbons (Fsp3) is 0.538. The number of nitro benzene ring substituents is 1. The molecule has 0 bridgehead atoms. The molecule has 2 atom stereocenters. The summed E-state index contributed by atoms with van der Waals surface area (Å²) < 4.78 is 2.01. The van der Waals surface area contributed by atoms with Crippen molar-refractivity contribution in [1.29, 1.82) is 0 Å². The normalized spacial score (nSPS) is 29.3. The molecule has 114 valence electrons. The SMILES string of the molecule is O=[N+]([O-])c1ccc(O)c(C[P+]2([O-])NCC3CCCCN32)c1. The second-order valence-corrected chi connectivity index (χ2v) is 8.15. The van der Waals surface area contributed by atoms with Crippen molar-refractivity contribution < 1.29 is 14.9 Å². The van der Waals surface area contributed by atoms with Crippen LogP contribution in [0.1, 0.15) is 24.8 Å². The first-order valence-corrected chi connectivity index (χ1v) is 8.92. The molecule has 0 aliphatic carbocycles. The van der Waals surface area contributed by atoms with Gasteiger partial charge in [-0.25, -0.2) is 0 Å². The van der Waals surface area contributed by atoms with E-state index in [-0.39, 0.29) is 23.6 Å². The van der Waals surface area contributed by atoms with E-state index in [1.54, 1.807) is 0 Å². The van der Waals surface area contributed by atoms with E-state index >= 15 is 0 Å². The molecule has 7 nitrogen and oxygen atoms in total. The second kappa shape index (κ2) is 5.50. The minimum atomic E-state index is -2.80. The van der Waals surface area contributed by atoms with E-state index < -0.39 is 12.7 Å². The Balaban J connectivity index is 1.85. The van der Waals surface area contributed by atoms with Crippen LogP contribution >= 0.6 is 7.79 Å². The van der Waals surface area contributed by atoms with Crippen LogP contribution in [0.3, 0.4) is 0 Å². The summed E-state index contributed by atoms with van der Waals surface area (Å²) in [5, 5.41) is 23.8. The smallest absolute Gasteiger partial charge is 0.270 e. The fourth-order valence-electron chi connectivity index (χ4n) is 3.15. The Kier molecular flexibility index (Phi) is 3.84. The van der Waals surface area contributed by atoms with Crippen LogP contribution in [0.2, 0.25) is 0 Å². The third kappa shape index (κ3) is 2.74. The summed E-state index contributed by atoms with van der Waals surface area (Å²) in [4.78, 5) is 23.4. The van der Waals surface area contributed by atoms with Gasteiger partial charge >= 0.3 is 0 Å². The van der Waals surface area contributed by atoms with Crippen molar-refractivity contribution in [2.45, 2.75) is 31.5 Å². The minimum absolute atomic E-state index is 0.0434. The number of rotatable bonds is 3. The van der Waals surface area contributed by atoms with Gasteiger partial charge in [-0.1, -0.05) is 6.42 Å². The van der Waals surface area contributed by atoms with Crippen LogP contribution in [0.4, 0.5) is 5.69 Å². The van der Waals surface area contributed by atoms with E-state index in [9.17, 15) is 20.1 Å². The minimum Gasteiger partial charge on any atom is -0.651 e. The van der Waals surface area contributed by atoms with E-state index in [4.69, 9.17) is 0 Å². The Labute approximate surface area is 123 Å². The second-order valence-electron chi connectivity index (χ2n) is 5.60. The standard InChI is InChI=1S/C13H18N3O4P/c17-13-5-4-11(16(18)19)7-10(13)9-21(20)14-8-12-3-1-2-6-15(12)21/h4-5,7,12,17H,1-3,6,8-9H2,(H,14,20). The number of nitrogens with one attached hydrogen (secondary N) is 1. The maximum absolute atomic E-state index is 13.1. The molecular weight excluding hydrogens is 293 g/mol. The number of non-ortho nitro benzene ring substituents is 1. The molecule has 2 aliphatic heterocycles. The van der Waals surface area contributed by atoms with E-state index in [2.05, 4.69) is 5.09 Å². The van der Waals surface area contributed by atoms with Gasteiger partial charge in [0.1, 0.15) is 19.7 Å². The number of nitrogens with zero attached hydrogens (tertiary/aromatic N) is 2. The molecule has 21 heavy (non-hydrogen) atoms. The van der Waals surface area contributed by atoms with Crippen molar-refractivity contribution in [2.75, 3.05) is 13.1 Å². The highest BCUT2D eigenvalue weighted by Crippen LogP contribution is 2.59. The van der Waals surface area contributed by atoms with Gasteiger partial charge in [0.25, 0.3) is 5.69 Å². The van der Waals surface area contributed by atoms with E-state index in [1.165, 1.54) is 18.2 Å².